The Morgan fingerprint density at radius 3 is 2.54 bits per heavy atom. The fourth-order valence-electron chi connectivity index (χ4n) is 2.72. The number of nitrogens with one attached hydrogen (secondary N) is 1. The van der Waals surface area contributed by atoms with E-state index in [0.717, 1.165) is 16.0 Å². The van der Waals surface area contributed by atoms with E-state index in [1.165, 1.54) is 0 Å². The lowest BCUT2D eigenvalue weighted by molar-refractivity contribution is -0.113. The molecule has 2 heterocycles. The van der Waals surface area contributed by atoms with Gasteiger partial charge >= 0.3 is 6.03 Å². The minimum absolute atomic E-state index is 0.187. The smallest absolute Gasteiger partial charge is 0.333 e. The molecule has 0 aromatic heterocycles. The number of hydrogen-bond donors (Lipinski definition) is 1. The lowest BCUT2D eigenvalue weighted by atomic mass is 10.1. The van der Waals surface area contributed by atoms with E-state index >= 15 is 0 Å². The predicted octanol–water partition coefficient (Wildman–Crippen LogP) is 2.82. The lowest BCUT2D eigenvalue weighted by Gasteiger charge is -2.11. The fourth-order valence-corrected chi connectivity index (χ4v) is 2.72. The number of amides is 3. The van der Waals surface area contributed by atoms with Gasteiger partial charge in [0, 0.05) is 0 Å². The maximum absolute atomic E-state index is 12.6. The van der Waals surface area contributed by atoms with Gasteiger partial charge in [-0.25, -0.2) is 9.69 Å². The number of nitrogens with zero attached hydrogens (tertiary/aromatic N) is 1. The molecule has 0 spiro atoms. The summed E-state index contributed by atoms with van der Waals surface area (Å²) >= 11 is 0. The van der Waals surface area contributed by atoms with Crippen LogP contribution in [0.15, 0.2) is 48.2 Å². The number of carbonyl (C=O) groups excluding carboxylic acids is 2. The van der Waals surface area contributed by atoms with Gasteiger partial charge in [-0.1, -0.05) is 18.2 Å². The summed E-state index contributed by atoms with van der Waals surface area (Å²) < 4.78 is 10.7. The van der Waals surface area contributed by atoms with Crippen LogP contribution in [0.25, 0.3) is 6.08 Å². The van der Waals surface area contributed by atoms with Gasteiger partial charge in [0.05, 0.1) is 5.69 Å². The van der Waals surface area contributed by atoms with Crippen molar-refractivity contribution < 1.29 is 19.1 Å². The molecular formula is C18H14N2O4. The van der Waals surface area contributed by atoms with Gasteiger partial charge in [0.25, 0.3) is 5.91 Å². The average Bonchev–Trinajstić information content (AvgIpc) is 3.13. The molecule has 6 heteroatoms. The number of benzene rings is 2. The number of rotatable bonds is 2. The largest absolute Gasteiger partial charge is 0.454 e. The number of hydrogen-bond acceptors (Lipinski definition) is 4. The number of fused-ring (bicyclic) bond motifs is 1. The first kappa shape index (κ1) is 14.3. The van der Waals surface area contributed by atoms with E-state index in [1.807, 2.05) is 19.1 Å². The van der Waals surface area contributed by atoms with Gasteiger partial charge in [-0.2, -0.15) is 0 Å². The van der Waals surface area contributed by atoms with Crippen LogP contribution in [0, 0.1) is 6.92 Å². The maximum atomic E-state index is 12.6. The zero-order valence-electron chi connectivity index (χ0n) is 12.9. The highest BCUT2D eigenvalue weighted by atomic mass is 16.7. The van der Waals surface area contributed by atoms with Crippen molar-refractivity contribution in [2.45, 2.75) is 6.92 Å². The van der Waals surface area contributed by atoms with E-state index in [4.69, 9.17) is 9.47 Å². The van der Waals surface area contributed by atoms with Crippen molar-refractivity contribution >= 4 is 23.7 Å². The fraction of sp³-hybridized carbons (Fsp3) is 0.111. The van der Waals surface area contributed by atoms with Crippen molar-refractivity contribution in [3.63, 3.8) is 0 Å². The van der Waals surface area contributed by atoms with Crippen LogP contribution in [-0.4, -0.2) is 18.7 Å². The number of carbonyl (C=O) groups is 2. The van der Waals surface area contributed by atoms with Gasteiger partial charge in [0.2, 0.25) is 6.79 Å². The molecule has 0 radical (unpaired) electrons. The molecule has 0 aliphatic carbocycles. The highest BCUT2D eigenvalue weighted by molar-refractivity contribution is 6.28. The summed E-state index contributed by atoms with van der Waals surface area (Å²) in [6.45, 7) is 2.09. The number of aryl methyl sites for hydroxylation is 1. The van der Waals surface area contributed by atoms with E-state index in [9.17, 15) is 9.59 Å². The Balaban J connectivity index is 1.70. The summed E-state index contributed by atoms with van der Waals surface area (Å²) in [4.78, 5) is 25.9. The average molecular weight is 322 g/mol. The van der Waals surface area contributed by atoms with Gasteiger partial charge in [-0.15, -0.1) is 0 Å². The monoisotopic (exact) mass is 322 g/mol. The Kier molecular flexibility index (Phi) is 3.23. The van der Waals surface area contributed by atoms with Crippen LogP contribution in [0.2, 0.25) is 0 Å². The first-order valence-corrected chi connectivity index (χ1v) is 7.46. The van der Waals surface area contributed by atoms with Crippen LogP contribution in [0.5, 0.6) is 11.5 Å². The number of ether oxygens (including phenoxy) is 2. The zero-order chi connectivity index (χ0) is 16.7. The molecule has 1 N–H and O–H groups in total. The lowest BCUT2D eigenvalue weighted by Crippen LogP contribution is -2.30. The van der Waals surface area contributed by atoms with Crippen LogP contribution in [0.4, 0.5) is 10.5 Å². The molecule has 2 aliphatic rings. The summed E-state index contributed by atoms with van der Waals surface area (Å²) in [5, 5.41) is 2.62. The molecule has 0 unspecified atom stereocenters. The number of urea groups is 1. The van der Waals surface area contributed by atoms with E-state index in [-0.39, 0.29) is 18.4 Å². The summed E-state index contributed by atoms with van der Waals surface area (Å²) in [5.41, 5.74) is 2.47. The molecule has 6 nitrogen and oxygen atoms in total. The van der Waals surface area contributed by atoms with E-state index in [0.29, 0.717) is 17.2 Å². The quantitative estimate of drug-likeness (QED) is 0.682. The Bertz CT molecular complexity index is 874. The topological polar surface area (TPSA) is 67.9 Å². The van der Waals surface area contributed by atoms with E-state index in [1.54, 1.807) is 36.4 Å². The van der Waals surface area contributed by atoms with E-state index in [2.05, 4.69) is 5.32 Å². The molecule has 0 saturated carbocycles. The van der Waals surface area contributed by atoms with E-state index < -0.39 is 6.03 Å². The molecule has 0 bridgehead atoms. The third kappa shape index (κ3) is 2.28. The first-order valence-electron chi connectivity index (χ1n) is 7.46. The summed E-state index contributed by atoms with van der Waals surface area (Å²) in [7, 11) is 0. The molecule has 0 atom stereocenters. The molecule has 24 heavy (non-hydrogen) atoms. The Morgan fingerprint density at radius 2 is 1.79 bits per heavy atom. The van der Waals surface area contributed by atoms with Crippen LogP contribution in [0.1, 0.15) is 11.1 Å². The van der Waals surface area contributed by atoms with Crippen molar-refractivity contribution in [3.05, 3.63) is 59.3 Å². The first-order chi connectivity index (χ1) is 11.6. The van der Waals surface area contributed by atoms with Crippen molar-refractivity contribution in [2.75, 3.05) is 11.7 Å². The van der Waals surface area contributed by atoms with Crippen LogP contribution in [-0.2, 0) is 4.79 Å². The molecule has 2 aromatic carbocycles. The summed E-state index contributed by atoms with van der Waals surface area (Å²) in [5.74, 6) is 0.926. The van der Waals surface area contributed by atoms with Gasteiger partial charge in [-0.3, -0.25) is 4.79 Å². The summed E-state index contributed by atoms with van der Waals surface area (Å²) in [6, 6.07) is 12.0. The highest BCUT2D eigenvalue weighted by Crippen LogP contribution is 2.35. The number of imide groups is 1. The molecule has 3 amide bonds. The molecule has 120 valence electrons. The SMILES string of the molecule is Cc1cc2c(cc1/C=C1\NC(=O)N(c3ccccc3)C1=O)OCO2. The minimum atomic E-state index is -0.462. The molecule has 2 aliphatic heterocycles. The van der Waals surface area contributed by atoms with Crippen LogP contribution >= 0.6 is 0 Å². The highest BCUT2D eigenvalue weighted by Gasteiger charge is 2.34. The third-order valence-electron chi connectivity index (χ3n) is 3.95. The normalized spacial score (nSPS) is 17.5. The van der Waals surface area contributed by atoms with Gasteiger partial charge < -0.3 is 14.8 Å². The van der Waals surface area contributed by atoms with Gasteiger partial charge in [-0.05, 0) is 48.4 Å². The van der Waals surface area contributed by atoms with Crippen molar-refractivity contribution in [2.24, 2.45) is 0 Å². The minimum Gasteiger partial charge on any atom is -0.454 e. The predicted molar refractivity (Wildman–Crippen MR) is 87.7 cm³/mol. The molecule has 1 fully saturated rings. The van der Waals surface area contributed by atoms with Crippen molar-refractivity contribution in [1.29, 1.82) is 0 Å². The number of para-hydroxylation sites is 1. The van der Waals surface area contributed by atoms with Crippen LogP contribution < -0.4 is 19.7 Å². The molecule has 2 aromatic rings. The van der Waals surface area contributed by atoms with Crippen LogP contribution in [0.3, 0.4) is 0 Å². The van der Waals surface area contributed by atoms with Gasteiger partial charge in [0.1, 0.15) is 5.70 Å². The van der Waals surface area contributed by atoms with Crippen molar-refractivity contribution in [3.8, 4) is 11.5 Å². The second kappa shape index (κ2) is 5.42. The second-order valence-electron chi connectivity index (χ2n) is 5.53. The molecular weight excluding hydrogens is 308 g/mol. The summed E-state index contributed by atoms with van der Waals surface area (Å²) in [6.07, 6.45) is 1.65. The van der Waals surface area contributed by atoms with Crippen molar-refractivity contribution in [1.82, 2.24) is 5.32 Å². The molecule has 4 rings (SSSR count). The molecule has 1 saturated heterocycles. The maximum Gasteiger partial charge on any atom is 0.333 e. The standard InChI is InChI=1S/C18H14N2O4/c1-11-7-15-16(24-10-23-15)9-12(11)8-14-17(21)20(18(22)19-14)13-5-3-2-4-6-13/h2-9H,10H2,1H3,(H,19,22)/b14-8-. The zero-order valence-corrected chi connectivity index (χ0v) is 12.9. The van der Waals surface area contributed by atoms with Gasteiger partial charge in [0.15, 0.2) is 11.5 Å². The second-order valence-corrected chi connectivity index (χ2v) is 5.53. The Labute approximate surface area is 138 Å². The number of anilines is 1. The Morgan fingerprint density at radius 1 is 1.08 bits per heavy atom. The Hall–Kier alpha value is -3.28. The third-order valence-corrected chi connectivity index (χ3v) is 3.95.